The zero-order valence-corrected chi connectivity index (χ0v) is 37.3. The molecule has 2 aliphatic carbocycles. The molecule has 3 N–H and O–H groups in total. The molecule has 0 spiro atoms. The van der Waals surface area contributed by atoms with Crippen LogP contribution in [0.25, 0.3) is 0 Å². The molecule has 2 aliphatic heterocycles. The lowest BCUT2D eigenvalue weighted by Crippen LogP contribution is -2.33. The fourth-order valence-corrected chi connectivity index (χ4v) is 10.0. The molecule has 1 atom stereocenters. The number of carbonyl (C=O) groups is 3. The minimum atomic E-state index is -1.25. The maximum atomic E-state index is 15.0. The van der Waals surface area contributed by atoms with Crippen LogP contribution < -0.4 is 10.0 Å². The molecule has 0 bridgehead atoms. The van der Waals surface area contributed by atoms with E-state index in [1.54, 1.807) is 48.5 Å². The number of carboxylic acid groups (broad SMARTS) is 2. The Kier molecular flexibility index (Phi) is 13.0. The van der Waals surface area contributed by atoms with Gasteiger partial charge in [0.05, 0.1) is 16.5 Å². The standard InChI is InChI=1S/C53H62N2O7/c1-7-9-11-13-15-19-27-54-41-25-23-33(50(59)60)29-39(41)52(3,4)43(54)31-37-45(46-48(57)35-21-17-18-22-36(35)49(46)58)38(47(37)56)32-44-53(5,6)40-30-34(51(61)62)24-26-42(40)55(44)28-20-16-14-12-10-8-2/h17-18,21-26,29-32,48,57H,7-16,19-20,27-28H2,1-6H3,(H2-,56,58,59,60,61,62). The first kappa shape index (κ1) is 44.5. The van der Waals surface area contributed by atoms with Crippen molar-refractivity contribution in [3.05, 3.63) is 140 Å². The van der Waals surface area contributed by atoms with Gasteiger partial charge in [0.15, 0.2) is 11.5 Å². The van der Waals surface area contributed by atoms with Gasteiger partial charge in [0.2, 0.25) is 5.69 Å². The second kappa shape index (κ2) is 18.1. The number of aliphatic hydroxyl groups is 1. The van der Waals surface area contributed by atoms with Gasteiger partial charge in [0.25, 0.3) is 0 Å². The quantitative estimate of drug-likeness (QED) is 0.0653. The number of rotatable bonds is 18. The third-order valence-corrected chi connectivity index (χ3v) is 13.6. The van der Waals surface area contributed by atoms with Crippen molar-refractivity contribution in [3.8, 4) is 0 Å². The SMILES string of the molecule is CCCCCCCCN1/C(=C/C2=C([O-])C(=C\C3=[N+](CCCCCCCC)c4ccc(C(=O)O)cc4C3(C)C)/C2=C2\C(=O)c3ccccc3C2O)C(C)(C)c2cc(C(=O)O)ccc21. The number of hydrogen-bond donors (Lipinski definition) is 3. The first-order valence-corrected chi connectivity index (χ1v) is 22.7. The lowest BCUT2D eigenvalue weighted by molar-refractivity contribution is -0.438. The second-order valence-corrected chi connectivity index (χ2v) is 18.5. The summed E-state index contributed by atoms with van der Waals surface area (Å²) in [5, 5.41) is 46.9. The van der Waals surface area contributed by atoms with Gasteiger partial charge in [0, 0.05) is 58.6 Å². The lowest BCUT2D eigenvalue weighted by atomic mass is 9.73. The van der Waals surface area contributed by atoms with E-state index in [9.17, 15) is 34.8 Å². The maximum Gasteiger partial charge on any atom is 0.335 e. The van der Waals surface area contributed by atoms with E-state index < -0.39 is 28.9 Å². The Balaban J connectivity index is 1.40. The van der Waals surface area contributed by atoms with Gasteiger partial charge >= 0.3 is 11.9 Å². The van der Waals surface area contributed by atoms with E-state index in [-0.39, 0.29) is 28.2 Å². The third kappa shape index (κ3) is 8.00. The molecule has 0 aromatic heterocycles. The minimum Gasteiger partial charge on any atom is -0.872 e. The summed E-state index contributed by atoms with van der Waals surface area (Å²) in [7, 11) is 0. The van der Waals surface area contributed by atoms with Gasteiger partial charge < -0.3 is 25.3 Å². The van der Waals surface area contributed by atoms with Gasteiger partial charge in [-0.25, -0.2) is 9.59 Å². The van der Waals surface area contributed by atoms with Gasteiger partial charge in [-0.05, 0) is 90.9 Å². The number of nitrogens with zero attached hydrogens (tertiary/aromatic N) is 2. The van der Waals surface area contributed by atoms with Crippen molar-refractivity contribution in [2.24, 2.45) is 0 Å². The van der Waals surface area contributed by atoms with Crippen LogP contribution in [-0.2, 0) is 10.8 Å². The van der Waals surface area contributed by atoms with Crippen LogP contribution in [0.5, 0.6) is 0 Å². The molecule has 1 unspecified atom stereocenters. The zero-order chi connectivity index (χ0) is 44.5. The van der Waals surface area contributed by atoms with E-state index in [1.165, 1.54) is 25.7 Å². The Morgan fingerprint density at radius 1 is 0.758 bits per heavy atom. The van der Waals surface area contributed by atoms with Gasteiger partial charge in [-0.1, -0.05) is 116 Å². The van der Waals surface area contributed by atoms with Crippen molar-refractivity contribution < 1.29 is 39.4 Å². The van der Waals surface area contributed by atoms with Crippen molar-refractivity contribution in [3.63, 3.8) is 0 Å². The minimum absolute atomic E-state index is 0.164. The number of carbonyl (C=O) groups excluding carboxylic acids is 1. The third-order valence-electron chi connectivity index (χ3n) is 13.6. The van der Waals surface area contributed by atoms with E-state index in [1.807, 2.05) is 52.0 Å². The average Bonchev–Trinajstić information content (AvgIpc) is 3.72. The smallest absolute Gasteiger partial charge is 0.335 e. The molecular formula is C53H62N2O7. The van der Waals surface area contributed by atoms with Gasteiger partial charge in [0.1, 0.15) is 12.6 Å². The summed E-state index contributed by atoms with van der Waals surface area (Å²) in [5.41, 5.74) is 6.27. The average molecular weight is 839 g/mol. The molecular weight excluding hydrogens is 777 g/mol. The molecule has 9 nitrogen and oxygen atoms in total. The number of hydrogen-bond acceptors (Lipinski definition) is 6. The van der Waals surface area contributed by atoms with Crippen LogP contribution in [0.2, 0.25) is 0 Å². The topological polar surface area (TPSA) is 141 Å². The highest BCUT2D eigenvalue weighted by atomic mass is 16.4. The molecule has 326 valence electrons. The van der Waals surface area contributed by atoms with Crippen LogP contribution in [-0.4, -0.2) is 56.4 Å². The van der Waals surface area contributed by atoms with Crippen LogP contribution >= 0.6 is 0 Å². The normalized spacial score (nSPS) is 20.9. The number of anilines is 1. The number of fused-ring (bicyclic) bond motifs is 3. The molecule has 0 radical (unpaired) electrons. The van der Waals surface area contributed by atoms with Crippen molar-refractivity contribution in [2.75, 3.05) is 18.0 Å². The number of aliphatic hydroxyl groups excluding tert-OH is 1. The summed E-state index contributed by atoms with van der Waals surface area (Å²) in [5.74, 6) is -2.60. The molecule has 0 saturated heterocycles. The molecule has 9 heteroatoms. The second-order valence-electron chi connectivity index (χ2n) is 18.5. The van der Waals surface area contributed by atoms with Crippen LogP contribution in [0.15, 0.2) is 107 Å². The first-order chi connectivity index (χ1) is 29.6. The molecule has 3 aromatic rings. The number of allylic oxidation sites excluding steroid dienone is 5. The maximum absolute atomic E-state index is 15.0. The monoisotopic (exact) mass is 838 g/mol. The molecule has 4 aliphatic rings. The fourth-order valence-electron chi connectivity index (χ4n) is 10.0. The molecule has 0 fully saturated rings. The van der Waals surface area contributed by atoms with Crippen molar-refractivity contribution in [2.45, 2.75) is 136 Å². The fraction of sp³-hybridized carbons (Fsp3) is 0.434. The van der Waals surface area contributed by atoms with Crippen molar-refractivity contribution in [1.82, 2.24) is 0 Å². The van der Waals surface area contributed by atoms with Crippen LogP contribution in [0.4, 0.5) is 11.4 Å². The summed E-state index contributed by atoms with van der Waals surface area (Å²) >= 11 is 0. The Bertz CT molecular complexity index is 2460. The number of carboxylic acids is 2. The van der Waals surface area contributed by atoms with E-state index in [2.05, 4.69) is 23.3 Å². The zero-order valence-electron chi connectivity index (χ0n) is 37.3. The van der Waals surface area contributed by atoms with Crippen molar-refractivity contribution >= 4 is 34.8 Å². The van der Waals surface area contributed by atoms with E-state index >= 15 is 0 Å². The van der Waals surface area contributed by atoms with Gasteiger partial charge in [-0.3, -0.25) is 4.79 Å². The Morgan fingerprint density at radius 2 is 1.35 bits per heavy atom. The molecule has 2 heterocycles. The Morgan fingerprint density at radius 3 is 2.00 bits per heavy atom. The highest BCUT2D eigenvalue weighted by Crippen LogP contribution is 2.53. The van der Waals surface area contributed by atoms with Crippen LogP contribution in [0.1, 0.15) is 172 Å². The summed E-state index contributed by atoms with van der Waals surface area (Å²) < 4.78 is 2.21. The van der Waals surface area contributed by atoms with Crippen LogP contribution in [0, 0.1) is 0 Å². The Labute approximate surface area is 366 Å². The highest BCUT2D eigenvalue weighted by molar-refractivity contribution is 6.16. The predicted molar refractivity (Wildman–Crippen MR) is 243 cm³/mol. The van der Waals surface area contributed by atoms with E-state index in [4.69, 9.17) is 0 Å². The largest absolute Gasteiger partial charge is 0.872 e. The highest BCUT2D eigenvalue weighted by Gasteiger charge is 2.48. The Hall–Kier alpha value is -5.54. The number of ketones is 1. The van der Waals surface area contributed by atoms with Gasteiger partial charge in [-0.15, -0.1) is 0 Å². The molecule has 7 rings (SSSR count). The summed E-state index contributed by atoms with van der Waals surface area (Å²) in [6.07, 6.45) is 15.6. The van der Waals surface area contributed by atoms with Crippen molar-refractivity contribution in [1.29, 1.82) is 0 Å². The number of unbranched alkanes of at least 4 members (excludes halogenated alkanes) is 10. The lowest BCUT2D eigenvalue weighted by Gasteiger charge is -2.38. The molecule has 62 heavy (non-hydrogen) atoms. The van der Waals surface area contributed by atoms with Gasteiger partial charge in [-0.2, -0.15) is 4.58 Å². The number of Topliss-reactive ketones (excluding diaryl/α,β-unsaturated/α-hetero) is 1. The van der Waals surface area contributed by atoms with E-state index in [0.29, 0.717) is 40.9 Å². The molecule has 0 saturated carbocycles. The van der Waals surface area contributed by atoms with Crippen LogP contribution in [0.3, 0.4) is 0 Å². The summed E-state index contributed by atoms with van der Waals surface area (Å²) in [6, 6.07) is 17.5. The molecule has 3 aromatic carbocycles. The number of aromatic carboxylic acids is 2. The number of benzene rings is 3. The molecule has 0 amide bonds. The summed E-state index contributed by atoms with van der Waals surface area (Å²) in [4.78, 5) is 41.0. The first-order valence-electron chi connectivity index (χ1n) is 22.7. The predicted octanol–water partition coefficient (Wildman–Crippen LogP) is 10.6. The summed E-state index contributed by atoms with van der Waals surface area (Å²) in [6.45, 7) is 13.9. The van der Waals surface area contributed by atoms with E-state index in [0.717, 1.165) is 85.3 Å².